The summed E-state index contributed by atoms with van der Waals surface area (Å²) in [5.74, 6) is 0.341. The Morgan fingerprint density at radius 3 is 2.26 bits per heavy atom. The number of ether oxygens (including phenoxy) is 1. The number of hydrogen-bond acceptors (Lipinski definition) is 5. The maximum atomic E-state index is 13.5. The fourth-order valence-electron chi connectivity index (χ4n) is 4.92. The van der Waals surface area contributed by atoms with Crippen molar-refractivity contribution in [1.82, 2.24) is 10.2 Å². The van der Waals surface area contributed by atoms with Crippen molar-refractivity contribution >= 4 is 27.5 Å². The second kappa shape index (κ2) is 14.4. The Morgan fingerprint density at radius 2 is 1.67 bits per heavy atom. The molecule has 0 radical (unpaired) electrons. The van der Waals surface area contributed by atoms with E-state index in [0.29, 0.717) is 31.0 Å². The van der Waals surface area contributed by atoms with Crippen molar-refractivity contribution in [3.8, 4) is 5.75 Å². The molecule has 0 bridgehead atoms. The highest BCUT2D eigenvalue weighted by atomic mass is 32.2. The van der Waals surface area contributed by atoms with Gasteiger partial charge in [-0.25, -0.2) is 8.42 Å². The lowest BCUT2D eigenvalue weighted by Gasteiger charge is -2.31. The van der Waals surface area contributed by atoms with E-state index < -0.39 is 16.1 Å². The van der Waals surface area contributed by atoms with Crippen molar-refractivity contribution in [3.05, 3.63) is 59.7 Å². The van der Waals surface area contributed by atoms with Gasteiger partial charge in [0, 0.05) is 25.6 Å². The van der Waals surface area contributed by atoms with Crippen molar-refractivity contribution in [2.24, 2.45) is 0 Å². The lowest BCUT2D eigenvalue weighted by molar-refractivity contribution is -0.141. The molecule has 1 aliphatic rings. The predicted octanol–water partition coefficient (Wildman–Crippen LogP) is 4.81. The van der Waals surface area contributed by atoms with E-state index in [1.165, 1.54) is 10.7 Å². The fourth-order valence-corrected chi connectivity index (χ4v) is 5.89. The van der Waals surface area contributed by atoms with Gasteiger partial charge in [-0.3, -0.25) is 13.9 Å². The number of sulfonamides is 1. The minimum absolute atomic E-state index is 0.121. The second-order valence-corrected chi connectivity index (χ2v) is 12.3. The van der Waals surface area contributed by atoms with Gasteiger partial charge >= 0.3 is 0 Å². The smallest absolute Gasteiger partial charge is 0.242 e. The first-order chi connectivity index (χ1) is 18.6. The van der Waals surface area contributed by atoms with Crippen LogP contribution in [0, 0.1) is 6.92 Å². The number of carbonyl (C=O) groups excluding carboxylic acids is 2. The maximum absolute atomic E-state index is 13.5. The van der Waals surface area contributed by atoms with Crippen molar-refractivity contribution in [2.75, 3.05) is 23.7 Å². The molecule has 1 N–H and O–H groups in total. The summed E-state index contributed by atoms with van der Waals surface area (Å²) >= 11 is 0. The number of rotatable bonds is 13. The molecule has 3 rings (SSSR count). The lowest BCUT2D eigenvalue weighted by Crippen LogP contribution is -2.50. The van der Waals surface area contributed by atoms with Crippen LogP contribution in [0.2, 0.25) is 0 Å². The molecule has 0 heterocycles. The van der Waals surface area contributed by atoms with Crippen LogP contribution < -0.4 is 14.4 Å². The Balaban J connectivity index is 1.70. The molecule has 1 aliphatic carbocycles. The van der Waals surface area contributed by atoms with Crippen molar-refractivity contribution in [3.63, 3.8) is 0 Å². The molecule has 8 nitrogen and oxygen atoms in total. The first kappa shape index (κ1) is 30.5. The summed E-state index contributed by atoms with van der Waals surface area (Å²) in [6, 6.07) is 14.3. The van der Waals surface area contributed by atoms with E-state index in [2.05, 4.69) is 5.32 Å². The number of hydrogen-bond donors (Lipinski definition) is 1. The topological polar surface area (TPSA) is 96.0 Å². The molecule has 2 aromatic carbocycles. The summed E-state index contributed by atoms with van der Waals surface area (Å²) in [7, 11) is -3.56. The average molecular weight is 558 g/mol. The van der Waals surface area contributed by atoms with Crippen molar-refractivity contribution in [1.29, 1.82) is 0 Å². The van der Waals surface area contributed by atoms with Gasteiger partial charge in [-0.05, 0) is 69.9 Å². The first-order valence-corrected chi connectivity index (χ1v) is 15.8. The summed E-state index contributed by atoms with van der Waals surface area (Å²) in [5.41, 5.74) is 2.58. The monoisotopic (exact) mass is 557 g/mol. The van der Waals surface area contributed by atoms with Gasteiger partial charge in [0.2, 0.25) is 21.8 Å². The van der Waals surface area contributed by atoms with Crippen LogP contribution in [0.3, 0.4) is 0 Å². The Kier molecular flexibility index (Phi) is 11.2. The SMILES string of the molecule is CCOc1ccc(N(CCCC(=O)N(Cc2ccc(C)cc2)[C@@H](C)C(=O)NC2CCCCC2)S(C)(=O)=O)cc1. The van der Waals surface area contributed by atoms with Crippen LogP contribution in [-0.4, -0.2) is 56.6 Å². The molecule has 0 aromatic heterocycles. The zero-order valence-corrected chi connectivity index (χ0v) is 24.5. The molecule has 0 unspecified atom stereocenters. The summed E-state index contributed by atoms with van der Waals surface area (Å²) in [6.45, 7) is 6.65. The van der Waals surface area contributed by atoms with Crippen LogP contribution in [0.15, 0.2) is 48.5 Å². The van der Waals surface area contributed by atoms with Crippen LogP contribution in [0.5, 0.6) is 5.75 Å². The van der Waals surface area contributed by atoms with E-state index in [0.717, 1.165) is 43.1 Å². The van der Waals surface area contributed by atoms with Gasteiger partial charge in [0.1, 0.15) is 11.8 Å². The van der Waals surface area contributed by atoms with Crippen LogP contribution >= 0.6 is 0 Å². The van der Waals surface area contributed by atoms with E-state index in [4.69, 9.17) is 4.74 Å². The standard InChI is InChI=1S/C30H43N3O5S/c1-5-38-28-19-17-27(18-20-28)33(39(4,36)37)21-9-12-29(34)32(22-25-15-13-23(2)14-16-25)24(3)30(35)31-26-10-7-6-8-11-26/h13-20,24,26H,5-12,21-22H2,1-4H3,(H,31,35)/t24-/m0/s1. The quantitative estimate of drug-likeness (QED) is 0.382. The molecule has 1 fully saturated rings. The lowest BCUT2D eigenvalue weighted by atomic mass is 9.95. The maximum Gasteiger partial charge on any atom is 0.242 e. The van der Waals surface area contributed by atoms with E-state index in [1.54, 1.807) is 36.1 Å². The number of anilines is 1. The molecular weight excluding hydrogens is 514 g/mol. The Bertz CT molecular complexity index is 1180. The molecule has 1 saturated carbocycles. The molecule has 214 valence electrons. The van der Waals surface area contributed by atoms with Crippen LogP contribution in [-0.2, 0) is 26.2 Å². The van der Waals surface area contributed by atoms with Crippen molar-refractivity contribution < 1.29 is 22.7 Å². The zero-order chi connectivity index (χ0) is 28.4. The Hall–Kier alpha value is -3.07. The average Bonchev–Trinajstić information content (AvgIpc) is 2.91. The molecule has 0 spiro atoms. The number of nitrogens with zero attached hydrogens (tertiary/aromatic N) is 2. The third kappa shape index (κ3) is 9.27. The molecule has 2 aromatic rings. The Morgan fingerprint density at radius 1 is 1.03 bits per heavy atom. The minimum atomic E-state index is -3.56. The number of amides is 2. The third-order valence-electron chi connectivity index (χ3n) is 7.18. The van der Waals surface area contributed by atoms with E-state index in [1.807, 2.05) is 38.1 Å². The molecule has 1 atom stereocenters. The number of carbonyl (C=O) groups is 2. The molecule has 9 heteroatoms. The Labute approximate surface area is 233 Å². The number of aryl methyl sites for hydroxylation is 1. The summed E-state index contributed by atoms with van der Waals surface area (Å²) in [4.78, 5) is 28.3. The zero-order valence-electron chi connectivity index (χ0n) is 23.7. The molecule has 39 heavy (non-hydrogen) atoms. The van der Waals surface area contributed by atoms with Crippen LogP contribution in [0.1, 0.15) is 69.9 Å². The second-order valence-electron chi connectivity index (χ2n) is 10.4. The number of benzene rings is 2. The van der Waals surface area contributed by atoms with E-state index in [-0.39, 0.29) is 30.8 Å². The summed E-state index contributed by atoms with van der Waals surface area (Å²) in [5, 5.41) is 3.15. The van der Waals surface area contributed by atoms with Gasteiger partial charge in [-0.2, -0.15) is 0 Å². The largest absolute Gasteiger partial charge is 0.494 e. The van der Waals surface area contributed by atoms with Gasteiger partial charge in [-0.15, -0.1) is 0 Å². The molecule has 0 saturated heterocycles. The van der Waals surface area contributed by atoms with Crippen LogP contribution in [0.25, 0.3) is 0 Å². The van der Waals surface area contributed by atoms with Crippen molar-refractivity contribution in [2.45, 2.75) is 84.3 Å². The molecule has 0 aliphatic heterocycles. The van der Waals surface area contributed by atoms with Gasteiger partial charge in [0.05, 0.1) is 18.6 Å². The van der Waals surface area contributed by atoms with Crippen LogP contribution in [0.4, 0.5) is 5.69 Å². The predicted molar refractivity (Wildman–Crippen MR) is 155 cm³/mol. The highest BCUT2D eigenvalue weighted by Crippen LogP contribution is 2.23. The molecular formula is C30H43N3O5S. The van der Waals surface area contributed by atoms with Gasteiger partial charge < -0.3 is 15.0 Å². The first-order valence-electron chi connectivity index (χ1n) is 13.9. The summed E-state index contributed by atoms with van der Waals surface area (Å²) < 4.78 is 31.9. The minimum Gasteiger partial charge on any atom is -0.494 e. The fraction of sp³-hybridized carbons (Fsp3) is 0.533. The van der Waals surface area contributed by atoms with E-state index >= 15 is 0 Å². The number of nitrogens with one attached hydrogen (secondary N) is 1. The van der Waals surface area contributed by atoms with E-state index in [9.17, 15) is 18.0 Å². The summed E-state index contributed by atoms with van der Waals surface area (Å²) in [6.07, 6.45) is 6.95. The van der Waals surface area contributed by atoms with Gasteiger partial charge in [0.25, 0.3) is 0 Å². The van der Waals surface area contributed by atoms with Gasteiger partial charge in [-0.1, -0.05) is 49.1 Å². The molecule has 2 amide bonds. The third-order valence-corrected chi connectivity index (χ3v) is 8.37. The highest BCUT2D eigenvalue weighted by Gasteiger charge is 2.28. The normalized spacial score (nSPS) is 14.9. The van der Waals surface area contributed by atoms with Gasteiger partial charge in [0.15, 0.2) is 0 Å². The highest BCUT2D eigenvalue weighted by molar-refractivity contribution is 7.92.